The van der Waals surface area contributed by atoms with Gasteiger partial charge in [-0.1, -0.05) is 42.2 Å². The topological polar surface area (TPSA) is 48.0 Å². The molecule has 3 rings (SSSR count). The fourth-order valence-corrected chi connectivity index (χ4v) is 3.79. The van der Waals surface area contributed by atoms with E-state index < -0.39 is 0 Å². The van der Waals surface area contributed by atoms with Crippen LogP contribution in [0.15, 0.2) is 47.4 Å². The number of amides is 1. The van der Waals surface area contributed by atoms with E-state index >= 15 is 0 Å². The highest BCUT2D eigenvalue weighted by atomic mass is 32.2. The number of rotatable bonds is 7. The lowest BCUT2D eigenvalue weighted by Crippen LogP contribution is -2.22. The lowest BCUT2D eigenvalue weighted by molar-refractivity contribution is -0.121. The van der Waals surface area contributed by atoms with Crippen molar-refractivity contribution in [2.24, 2.45) is 0 Å². The first-order chi connectivity index (χ1) is 13.5. The number of hydrogen-bond donors (Lipinski definition) is 0. The van der Waals surface area contributed by atoms with E-state index in [-0.39, 0.29) is 5.91 Å². The molecule has 0 spiro atoms. The lowest BCUT2D eigenvalue weighted by atomic mass is 10.2. The first-order valence-corrected chi connectivity index (χ1v) is 9.92. The number of thioether (sulfide) groups is 1. The van der Waals surface area contributed by atoms with Crippen molar-refractivity contribution in [2.45, 2.75) is 6.92 Å². The van der Waals surface area contributed by atoms with Crippen molar-refractivity contribution in [3.05, 3.63) is 58.5 Å². The van der Waals surface area contributed by atoms with E-state index in [0.717, 1.165) is 16.9 Å². The number of likely N-dealkylation sites (N-methyl/N-ethyl adjacent to an activating group) is 1. The van der Waals surface area contributed by atoms with E-state index in [2.05, 4.69) is 0 Å². The maximum Gasteiger partial charge on any atom is 0.265 e. The van der Waals surface area contributed by atoms with Gasteiger partial charge in [-0.2, -0.15) is 0 Å². The highest BCUT2D eigenvalue weighted by Crippen LogP contribution is 2.34. The monoisotopic (exact) mass is 415 g/mol. The molecule has 1 heterocycles. The molecule has 0 radical (unpaired) electrons. The van der Waals surface area contributed by atoms with Crippen LogP contribution in [0, 0.1) is 6.92 Å². The van der Waals surface area contributed by atoms with Gasteiger partial charge in [0, 0.05) is 7.05 Å². The van der Waals surface area contributed by atoms with E-state index in [0.29, 0.717) is 33.9 Å². The first kappa shape index (κ1) is 20.2. The fraction of sp³-hybridized carbons (Fsp3) is 0.238. The summed E-state index contributed by atoms with van der Waals surface area (Å²) in [5.41, 5.74) is 1.99. The molecule has 0 atom stereocenters. The number of nitrogens with zero attached hydrogens (tertiary/aromatic N) is 1. The molecule has 1 aliphatic rings. The maximum atomic E-state index is 12.1. The SMILES string of the molecule is COc1cc(/C=C2\SC(=S)N(C)C2=O)ccc1OCCOc1cccc(C)c1. The predicted molar refractivity (Wildman–Crippen MR) is 116 cm³/mol. The molecule has 2 aromatic rings. The van der Waals surface area contributed by atoms with Gasteiger partial charge in [-0.3, -0.25) is 9.69 Å². The molecule has 1 aliphatic heterocycles. The number of hydrogen-bond acceptors (Lipinski definition) is 6. The Balaban J connectivity index is 1.62. The average molecular weight is 416 g/mol. The Morgan fingerprint density at radius 2 is 1.89 bits per heavy atom. The van der Waals surface area contributed by atoms with Gasteiger partial charge in [-0.15, -0.1) is 0 Å². The standard InChI is InChI=1S/C21H21NO4S2/c1-14-5-4-6-16(11-14)25-9-10-26-17-8-7-15(12-18(17)24-3)13-19-20(23)22(2)21(27)28-19/h4-8,11-13H,9-10H2,1-3H3/b19-13-. The Labute approximate surface area is 174 Å². The smallest absolute Gasteiger partial charge is 0.265 e. The Bertz CT molecular complexity index is 926. The summed E-state index contributed by atoms with van der Waals surface area (Å²) in [6.07, 6.45) is 1.80. The van der Waals surface area contributed by atoms with E-state index in [1.165, 1.54) is 16.7 Å². The largest absolute Gasteiger partial charge is 0.493 e. The minimum atomic E-state index is -0.0948. The van der Waals surface area contributed by atoms with Crippen LogP contribution in [0.2, 0.25) is 0 Å². The Hall–Kier alpha value is -2.51. The summed E-state index contributed by atoms with van der Waals surface area (Å²) in [4.78, 5) is 14.2. The van der Waals surface area contributed by atoms with Crippen LogP contribution in [-0.2, 0) is 4.79 Å². The second-order valence-electron chi connectivity index (χ2n) is 6.16. The highest BCUT2D eigenvalue weighted by molar-refractivity contribution is 8.26. The number of carbonyl (C=O) groups excluding carboxylic acids is 1. The van der Waals surface area contributed by atoms with Crippen molar-refractivity contribution < 1.29 is 19.0 Å². The molecule has 0 saturated carbocycles. The third-order valence-corrected chi connectivity index (χ3v) is 5.56. The minimum absolute atomic E-state index is 0.0948. The van der Waals surface area contributed by atoms with Gasteiger partial charge in [0.25, 0.3) is 5.91 Å². The third kappa shape index (κ3) is 4.85. The molecule has 2 aromatic carbocycles. The maximum absolute atomic E-state index is 12.1. The van der Waals surface area contributed by atoms with Crippen LogP contribution in [0.4, 0.5) is 0 Å². The molecule has 1 saturated heterocycles. The average Bonchev–Trinajstić information content (AvgIpc) is 2.92. The molecule has 146 valence electrons. The minimum Gasteiger partial charge on any atom is -0.493 e. The highest BCUT2D eigenvalue weighted by Gasteiger charge is 2.28. The summed E-state index contributed by atoms with van der Waals surface area (Å²) in [5.74, 6) is 1.94. The Kier molecular flexibility index (Phi) is 6.59. The lowest BCUT2D eigenvalue weighted by Gasteiger charge is -2.12. The van der Waals surface area contributed by atoms with Crippen molar-refractivity contribution >= 4 is 40.3 Å². The van der Waals surface area contributed by atoms with E-state index in [4.69, 9.17) is 26.4 Å². The van der Waals surface area contributed by atoms with Crippen LogP contribution in [-0.4, -0.2) is 42.5 Å². The van der Waals surface area contributed by atoms with E-state index in [9.17, 15) is 4.79 Å². The van der Waals surface area contributed by atoms with Crippen LogP contribution in [0.5, 0.6) is 17.2 Å². The molecule has 28 heavy (non-hydrogen) atoms. The number of aryl methyl sites for hydroxylation is 1. The zero-order valence-corrected chi connectivity index (χ0v) is 17.6. The molecule has 1 amide bonds. The fourth-order valence-electron chi connectivity index (χ4n) is 2.61. The van der Waals surface area contributed by atoms with Gasteiger partial charge in [0.2, 0.25) is 0 Å². The van der Waals surface area contributed by atoms with Gasteiger partial charge >= 0.3 is 0 Å². The van der Waals surface area contributed by atoms with Crippen molar-refractivity contribution in [1.29, 1.82) is 0 Å². The summed E-state index contributed by atoms with van der Waals surface area (Å²) in [7, 11) is 3.26. The van der Waals surface area contributed by atoms with Crippen LogP contribution in [0.1, 0.15) is 11.1 Å². The second-order valence-corrected chi connectivity index (χ2v) is 7.84. The number of thiocarbonyl (C=S) groups is 1. The van der Waals surface area contributed by atoms with Crippen molar-refractivity contribution in [3.63, 3.8) is 0 Å². The zero-order chi connectivity index (χ0) is 20.1. The second kappa shape index (κ2) is 9.12. The van der Waals surface area contributed by atoms with Crippen molar-refractivity contribution in [3.8, 4) is 17.2 Å². The van der Waals surface area contributed by atoms with E-state index in [1.54, 1.807) is 20.2 Å². The zero-order valence-electron chi connectivity index (χ0n) is 15.9. The van der Waals surface area contributed by atoms with E-state index in [1.807, 2.05) is 49.4 Å². The molecule has 7 heteroatoms. The van der Waals surface area contributed by atoms with Gasteiger partial charge in [0.15, 0.2) is 11.5 Å². The molecule has 0 aliphatic carbocycles. The molecule has 5 nitrogen and oxygen atoms in total. The molecule has 0 bridgehead atoms. The van der Waals surface area contributed by atoms with Crippen molar-refractivity contribution in [2.75, 3.05) is 27.4 Å². The first-order valence-electron chi connectivity index (χ1n) is 8.70. The van der Waals surface area contributed by atoms with Gasteiger partial charge < -0.3 is 14.2 Å². The molecule has 0 unspecified atom stereocenters. The number of benzene rings is 2. The summed E-state index contributed by atoms with van der Waals surface area (Å²) >= 11 is 6.44. The Morgan fingerprint density at radius 3 is 2.57 bits per heavy atom. The molecular formula is C21H21NO4S2. The third-order valence-electron chi connectivity index (χ3n) is 4.07. The van der Waals surface area contributed by atoms with Crippen molar-refractivity contribution in [1.82, 2.24) is 4.90 Å². The molecule has 0 N–H and O–H groups in total. The number of carbonyl (C=O) groups is 1. The van der Waals surface area contributed by atoms with Gasteiger partial charge in [-0.05, 0) is 48.4 Å². The molecule has 1 fully saturated rings. The van der Waals surface area contributed by atoms with Crippen LogP contribution in [0.25, 0.3) is 6.08 Å². The van der Waals surface area contributed by atoms with Gasteiger partial charge in [0.1, 0.15) is 23.3 Å². The summed E-state index contributed by atoms with van der Waals surface area (Å²) < 4.78 is 17.5. The van der Waals surface area contributed by atoms with Gasteiger partial charge in [0.05, 0.1) is 12.0 Å². The summed E-state index contributed by atoms with van der Waals surface area (Å²) in [5, 5.41) is 0. The summed E-state index contributed by atoms with van der Waals surface area (Å²) in [6, 6.07) is 13.4. The predicted octanol–water partition coefficient (Wildman–Crippen LogP) is 4.29. The van der Waals surface area contributed by atoms with Crippen LogP contribution in [0.3, 0.4) is 0 Å². The Morgan fingerprint density at radius 1 is 1.11 bits per heavy atom. The van der Waals surface area contributed by atoms with Crippen LogP contribution < -0.4 is 14.2 Å². The number of ether oxygens (including phenoxy) is 3. The normalized spacial score (nSPS) is 15.2. The summed E-state index contributed by atoms with van der Waals surface area (Å²) in [6.45, 7) is 2.83. The van der Waals surface area contributed by atoms with Crippen LogP contribution >= 0.6 is 24.0 Å². The quantitative estimate of drug-likeness (QED) is 0.382. The molecular weight excluding hydrogens is 394 g/mol. The molecule has 0 aromatic heterocycles. The number of methoxy groups -OCH3 is 1. The van der Waals surface area contributed by atoms with Gasteiger partial charge in [-0.25, -0.2) is 0 Å².